The molecule has 3 aromatic rings. The van der Waals surface area contributed by atoms with Crippen molar-refractivity contribution in [3.05, 3.63) is 71.5 Å². The van der Waals surface area contributed by atoms with Crippen LogP contribution < -0.4 is 0 Å². The van der Waals surface area contributed by atoms with E-state index in [9.17, 15) is 4.79 Å². The van der Waals surface area contributed by atoms with Crippen LogP contribution in [0.4, 0.5) is 0 Å². The molecular formula is C26H32N4O2. The van der Waals surface area contributed by atoms with Gasteiger partial charge < -0.3 is 9.64 Å². The van der Waals surface area contributed by atoms with E-state index < -0.39 is 0 Å². The van der Waals surface area contributed by atoms with Gasteiger partial charge in [-0.05, 0) is 60.9 Å². The fraction of sp³-hybridized carbons (Fsp3) is 0.462. The zero-order chi connectivity index (χ0) is 21.8. The van der Waals surface area contributed by atoms with Crippen LogP contribution in [0.2, 0.25) is 0 Å². The minimum Gasteiger partial charge on any atom is -0.379 e. The number of hydrogen-bond donors (Lipinski definition) is 0. The molecule has 6 nitrogen and oxygen atoms in total. The molecule has 0 N–H and O–H groups in total. The number of morpholine rings is 1. The summed E-state index contributed by atoms with van der Waals surface area (Å²) in [5, 5.41) is 4.36. The van der Waals surface area contributed by atoms with Gasteiger partial charge in [0.15, 0.2) is 0 Å². The van der Waals surface area contributed by atoms with Gasteiger partial charge in [-0.1, -0.05) is 24.3 Å². The number of likely N-dealkylation sites (tertiary alicyclic amines) is 1. The van der Waals surface area contributed by atoms with E-state index in [-0.39, 0.29) is 5.91 Å². The predicted molar refractivity (Wildman–Crippen MR) is 125 cm³/mol. The fourth-order valence-corrected chi connectivity index (χ4v) is 5.11. The molecule has 1 unspecified atom stereocenters. The van der Waals surface area contributed by atoms with E-state index >= 15 is 0 Å². The Bertz CT molecular complexity index is 1060. The maximum atomic E-state index is 13.5. The highest BCUT2D eigenvalue weighted by Gasteiger charge is 2.24. The zero-order valence-corrected chi connectivity index (χ0v) is 18.7. The van der Waals surface area contributed by atoms with Crippen molar-refractivity contribution in [1.82, 2.24) is 19.4 Å². The highest BCUT2D eigenvalue weighted by Crippen LogP contribution is 2.25. The zero-order valence-electron chi connectivity index (χ0n) is 18.7. The number of carbonyl (C=O) groups is 1. The maximum absolute atomic E-state index is 13.5. The lowest BCUT2D eigenvalue weighted by Gasteiger charge is -2.28. The quantitative estimate of drug-likeness (QED) is 0.618. The van der Waals surface area contributed by atoms with Gasteiger partial charge in [0.1, 0.15) is 0 Å². The van der Waals surface area contributed by atoms with E-state index in [1.165, 1.54) is 11.1 Å². The SMILES string of the molecule is O=C(c1ccccc1CN1CCOCC1)N1CCCC(Cc2cccn3nccc23)CC1. The highest BCUT2D eigenvalue weighted by atomic mass is 16.5. The van der Waals surface area contributed by atoms with Gasteiger partial charge in [0.2, 0.25) is 0 Å². The van der Waals surface area contributed by atoms with E-state index in [1.807, 2.05) is 35.1 Å². The van der Waals surface area contributed by atoms with Gasteiger partial charge in [-0.2, -0.15) is 5.10 Å². The maximum Gasteiger partial charge on any atom is 0.254 e. The number of carbonyl (C=O) groups excluding carboxylic acids is 1. The molecule has 32 heavy (non-hydrogen) atoms. The van der Waals surface area contributed by atoms with Crippen LogP contribution in [0.25, 0.3) is 5.52 Å². The summed E-state index contributed by atoms with van der Waals surface area (Å²) < 4.78 is 7.43. The second kappa shape index (κ2) is 9.84. The lowest BCUT2D eigenvalue weighted by molar-refractivity contribution is 0.0340. The topological polar surface area (TPSA) is 50.1 Å². The number of benzene rings is 1. The Kier molecular flexibility index (Phi) is 6.51. The second-order valence-corrected chi connectivity index (χ2v) is 9.03. The Labute approximate surface area is 189 Å². The van der Waals surface area contributed by atoms with Crippen LogP contribution in [0.5, 0.6) is 0 Å². The molecule has 0 radical (unpaired) electrons. The summed E-state index contributed by atoms with van der Waals surface area (Å²) in [6, 6.07) is 14.5. The number of ether oxygens (including phenoxy) is 1. The van der Waals surface area contributed by atoms with Gasteiger partial charge in [0, 0.05) is 50.7 Å². The normalized spacial score (nSPS) is 20.4. The van der Waals surface area contributed by atoms with Crippen LogP contribution in [-0.4, -0.2) is 64.7 Å². The molecule has 2 aliphatic rings. The van der Waals surface area contributed by atoms with Crippen LogP contribution in [0.1, 0.15) is 40.7 Å². The van der Waals surface area contributed by atoms with E-state index in [0.717, 1.165) is 82.7 Å². The van der Waals surface area contributed by atoms with Crippen molar-refractivity contribution in [1.29, 1.82) is 0 Å². The molecule has 2 aliphatic heterocycles. The summed E-state index contributed by atoms with van der Waals surface area (Å²) in [4.78, 5) is 18.0. The second-order valence-electron chi connectivity index (χ2n) is 9.03. The Hall–Kier alpha value is -2.70. The Morgan fingerprint density at radius 1 is 0.969 bits per heavy atom. The molecule has 2 aromatic heterocycles. The van der Waals surface area contributed by atoms with E-state index in [0.29, 0.717) is 5.92 Å². The smallest absolute Gasteiger partial charge is 0.254 e. The summed E-state index contributed by atoms with van der Waals surface area (Å²) >= 11 is 0. The van der Waals surface area contributed by atoms with Crippen molar-refractivity contribution < 1.29 is 9.53 Å². The molecule has 1 aromatic carbocycles. The first-order valence-corrected chi connectivity index (χ1v) is 11.9. The van der Waals surface area contributed by atoms with Gasteiger partial charge in [-0.25, -0.2) is 4.52 Å². The summed E-state index contributed by atoms with van der Waals surface area (Å²) in [6.45, 7) is 5.90. The molecule has 0 aliphatic carbocycles. The van der Waals surface area contributed by atoms with E-state index in [2.05, 4.69) is 39.2 Å². The van der Waals surface area contributed by atoms with E-state index in [4.69, 9.17) is 4.74 Å². The minimum atomic E-state index is 0.187. The molecule has 168 valence electrons. The molecule has 5 rings (SSSR count). The molecule has 4 heterocycles. The number of aromatic nitrogens is 2. The van der Waals surface area contributed by atoms with Crippen LogP contribution in [0.3, 0.4) is 0 Å². The average Bonchev–Trinajstić information content (AvgIpc) is 3.20. The van der Waals surface area contributed by atoms with Crippen LogP contribution in [0.15, 0.2) is 54.9 Å². The minimum absolute atomic E-state index is 0.187. The molecule has 0 saturated carbocycles. The first kappa shape index (κ1) is 21.2. The Morgan fingerprint density at radius 2 is 1.81 bits per heavy atom. The van der Waals surface area contributed by atoms with Crippen molar-refractivity contribution in [2.75, 3.05) is 39.4 Å². The third-order valence-electron chi connectivity index (χ3n) is 6.91. The number of amides is 1. The largest absolute Gasteiger partial charge is 0.379 e. The number of pyridine rings is 1. The third kappa shape index (κ3) is 4.71. The van der Waals surface area contributed by atoms with Crippen molar-refractivity contribution >= 4 is 11.4 Å². The molecule has 0 bridgehead atoms. The number of fused-ring (bicyclic) bond motifs is 1. The lowest BCUT2D eigenvalue weighted by atomic mass is 9.92. The van der Waals surface area contributed by atoms with Gasteiger partial charge in [0.25, 0.3) is 5.91 Å². The van der Waals surface area contributed by atoms with Crippen molar-refractivity contribution in [3.63, 3.8) is 0 Å². The van der Waals surface area contributed by atoms with Crippen LogP contribution in [-0.2, 0) is 17.7 Å². The molecule has 2 saturated heterocycles. The molecule has 6 heteroatoms. The lowest BCUT2D eigenvalue weighted by Crippen LogP contribution is -2.37. The third-order valence-corrected chi connectivity index (χ3v) is 6.91. The Morgan fingerprint density at radius 3 is 2.72 bits per heavy atom. The molecule has 0 spiro atoms. The number of hydrogen-bond acceptors (Lipinski definition) is 4. The number of rotatable bonds is 5. The standard InChI is InChI=1S/C26H32N4O2/c31-26(24-8-2-1-6-23(24)20-28-15-17-32-18-16-28)29-12-3-5-21(10-14-29)19-22-7-4-13-30-25(22)9-11-27-30/h1-2,4,6-9,11,13,21H,3,5,10,12,14-20H2. The first-order chi connectivity index (χ1) is 15.8. The summed E-state index contributed by atoms with van der Waals surface area (Å²) in [5.41, 5.74) is 4.54. The van der Waals surface area contributed by atoms with Crippen LogP contribution in [0, 0.1) is 5.92 Å². The monoisotopic (exact) mass is 432 g/mol. The van der Waals surface area contributed by atoms with Crippen molar-refractivity contribution in [2.24, 2.45) is 5.92 Å². The van der Waals surface area contributed by atoms with E-state index in [1.54, 1.807) is 0 Å². The summed E-state index contributed by atoms with van der Waals surface area (Å²) in [7, 11) is 0. The molecular weight excluding hydrogens is 400 g/mol. The van der Waals surface area contributed by atoms with Crippen LogP contribution >= 0.6 is 0 Å². The fourth-order valence-electron chi connectivity index (χ4n) is 5.11. The van der Waals surface area contributed by atoms with Gasteiger partial charge in [-0.15, -0.1) is 0 Å². The average molecular weight is 433 g/mol. The Balaban J connectivity index is 1.24. The van der Waals surface area contributed by atoms with Gasteiger partial charge >= 0.3 is 0 Å². The van der Waals surface area contributed by atoms with Gasteiger partial charge in [-0.3, -0.25) is 9.69 Å². The highest BCUT2D eigenvalue weighted by molar-refractivity contribution is 5.95. The molecule has 1 atom stereocenters. The van der Waals surface area contributed by atoms with Gasteiger partial charge in [0.05, 0.1) is 18.7 Å². The van der Waals surface area contributed by atoms with Crippen molar-refractivity contribution in [2.45, 2.75) is 32.2 Å². The summed E-state index contributed by atoms with van der Waals surface area (Å²) in [6.07, 6.45) is 8.18. The predicted octanol–water partition coefficient (Wildman–Crippen LogP) is 3.65. The van der Waals surface area contributed by atoms with Crippen molar-refractivity contribution in [3.8, 4) is 0 Å². The molecule has 1 amide bonds. The number of nitrogens with zero attached hydrogens (tertiary/aromatic N) is 4. The summed E-state index contributed by atoms with van der Waals surface area (Å²) in [5.74, 6) is 0.782. The molecule has 2 fully saturated rings. The first-order valence-electron chi connectivity index (χ1n) is 11.9.